The molecule has 0 saturated heterocycles. The smallest absolute Gasteiger partial charge is 0.135 e. The number of anilines is 3. The number of fused-ring (bicyclic) bond motifs is 6. The Bertz CT molecular complexity index is 2870. The summed E-state index contributed by atoms with van der Waals surface area (Å²) in [4.78, 5) is 1.84. The Morgan fingerprint density at radius 2 is 1.22 bits per heavy atom. The Morgan fingerprint density at radius 1 is 0.533 bits per heavy atom. The molecule has 0 N–H and O–H groups in total. The number of nitrogens with zero attached hydrogens (tertiary/aromatic N) is 1. The van der Waals surface area contributed by atoms with Crippen LogP contribution in [0, 0.1) is 0 Å². The molecule has 7 aromatic carbocycles. The lowest BCUT2D eigenvalue weighted by Crippen LogP contribution is -2.10. The van der Waals surface area contributed by atoms with Crippen molar-refractivity contribution in [2.75, 3.05) is 4.90 Å². The highest BCUT2D eigenvalue weighted by molar-refractivity contribution is 7.26. The van der Waals surface area contributed by atoms with Crippen LogP contribution in [-0.4, -0.2) is 0 Å². The van der Waals surface area contributed by atoms with E-state index in [0.29, 0.717) is 11.4 Å². The van der Waals surface area contributed by atoms with Crippen LogP contribution >= 0.6 is 11.3 Å². The van der Waals surface area contributed by atoms with E-state index >= 15 is 0 Å². The monoisotopic (exact) mass is 600 g/mol. The normalized spacial score (nSPS) is 13.7. The van der Waals surface area contributed by atoms with Gasteiger partial charge in [-0.15, -0.1) is 11.3 Å². The van der Waals surface area contributed by atoms with Crippen molar-refractivity contribution in [2.45, 2.75) is 0 Å². The third kappa shape index (κ3) is 4.32. The molecular weight excluding hydrogens is 567 g/mol. The number of hydrogen-bond acceptors (Lipinski definition) is 3. The molecule has 2 aromatic heterocycles. The maximum absolute atomic E-state index is 9.71. The van der Waals surface area contributed by atoms with Crippen LogP contribution in [0.4, 0.5) is 17.1 Å². The molecule has 3 heteroatoms. The molecule has 0 amide bonds. The Morgan fingerprint density at radius 3 is 2.04 bits per heavy atom. The summed E-state index contributed by atoms with van der Waals surface area (Å²) in [5, 5.41) is 2.19. The van der Waals surface area contributed by atoms with Crippen LogP contribution in [0.15, 0.2) is 168 Å². The van der Waals surface area contributed by atoms with E-state index in [2.05, 4.69) is 30.3 Å². The van der Waals surface area contributed by atoms with E-state index in [4.69, 9.17) is 11.3 Å². The molecule has 0 aliphatic heterocycles. The van der Waals surface area contributed by atoms with E-state index in [1.165, 1.54) is 0 Å². The molecule has 0 radical (unpaired) electrons. The van der Waals surface area contributed by atoms with Gasteiger partial charge in [0.15, 0.2) is 0 Å². The largest absolute Gasteiger partial charge is 0.456 e. The predicted molar refractivity (Wildman–Crippen MR) is 192 cm³/mol. The van der Waals surface area contributed by atoms with Crippen LogP contribution in [0.3, 0.4) is 0 Å². The third-order valence-corrected chi connectivity index (χ3v) is 9.35. The van der Waals surface area contributed by atoms with Gasteiger partial charge in [-0.3, -0.25) is 0 Å². The van der Waals surface area contributed by atoms with Crippen LogP contribution in [-0.2, 0) is 0 Å². The lowest BCUT2D eigenvalue weighted by molar-refractivity contribution is 0.669. The second-order valence-electron chi connectivity index (χ2n) is 10.8. The molecular formula is C42H27NOS. The molecule has 0 bridgehead atoms. The maximum Gasteiger partial charge on any atom is 0.135 e. The molecule has 0 aliphatic carbocycles. The highest BCUT2D eigenvalue weighted by atomic mass is 32.1. The Hall–Kier alpha value is -5.64. The predicted octanol–water partition coefficient (Wildman–Crippen LogP) is 12.8. The fourth-order valence-electron chi connectivity index (χ4n) is 6.08. The van der Waals surface area contributed by atoms with Gasteiger partial charge in [0.1, 0.15) is 11.2 Å². The number of benzene rings is 7. The molecule has 0 fully saturated rings. The number of rotatable bonds is 5. The molecule has 0 unspecified atom stereocenters. The second kappa shape index (κ2) is 10.5. The van der Waals surface area contributed by atoms with E-state index in [1.54, 1.807) is 11.3 Å². The summed E-state index contributed by atoms with van der Waals surface area (Å²) in [6.45, 7) is 0. The van der Waals surface area contributed by atoms with Crippen molar-refractivity contribution >= 4 is 70.5 Å². The quantitative estimate of drug-likeness (QED) is 0.195. The molecule has 0 spiro atoms. The Labute approximate surface area is 274 Å². The molecule has 212 valence electrons. The summed E-state index contributed by atoms with van der Waals surface area (Å²) in [7, 11) is 0. The number of hydrogen-bond donors (Lipinski definition) is 0. The topological polar surface area (TPSA) is 16.4 Å². The SMILES string of the molecule is [2H]c1c([2H])c([2H])c2c(oc3c([2H])c([2H])c(N(c4ccc(-c5ccccc5)cc4)c4ccc(-c5ccccc5)c5c4sc4ccccc45)c([2H])c32)c1[2H]. The van der Waals surface area contributed by atoms with Crippen molar-refractivity contribution in [3.63, 3.8) is 0 Å². The first-order valence-electron chi connectivity index (χ1n) is 18.1. The minimum absolute atomic E-state index is 0.0200. The molecule has 0 saturated carbocycles. The van der Waals surface area contributed by atoms with Crippen molar-refractivity contribution in [1.82, 2.24) is 0 Å². The molecule has 9 rings (SSSR count). The minimum atomic E-state index is -0.466. The van der Waals surface area contributed by atoms with Gasteiger partial charge in [0.05, 0.1) is 20.0 Å². The minimum Gasteiger partial charge on any atom is -0.456 e. The fraction of sp³-hybridized carbons (Fsp3) is 0. The number of furan rings is 1. The molecule has 0 atom stereocenters. The summed E-state index contributed by atoms with van der Waals surface area (Å²) < 4.78 is 70.1. The van der Waals surface area contributed by atoms with Crippen molar-refractivity contribution in [2.24, 2.45) is 0 Å². The van der Waals surface area contributed by atoms with Crippen LogP contribution in [0.1, 0.15) is 9.60 Å². The third-order valence-electron chi connectivity index (χ3n) is 8.16. The van der Waals surface area contributed by atoms with Crippen molar-refractivity contribution in [3.8, 4) is 22.3 Å². The first-order chi connectivity index (χ1) is 25.2. The van der Waals surface area contributed by atoms with E-state index < -0.39 is 18.1 Å². The van der Waals surface area contributed by atoms with Gasteiger partial charge in [-0.25, -0.2) is 0 Å². The van der Waals surface area contributed by atoms with E-state index in [-0.39, 0.29) is 51.8 Å². The zero-order chi connectivity index (χ0) is 35.8. The highest BCUT2D eigenvalue weighted by Gasteiger charge is 2.21. The van der Waals surface area contributed by atoms with Crippen LogP contribution in [0.2, 0.25) is 0 Å². The fourth-order valence-corrected chi connectivity index (χ4v) is 7.31. The number of thiophene rings is 1. The van der Waals surface area contributed by atoms with Gasteiger partial charge in [0.25, 0.3) is 0 Å². The Balaban J connectivity index is 1.39. The van der Waals surface area contributed by atoms with Crippen LogP contribution in [0.25, 0.3) is 64.4 Å². The van der Waals surface area contributed by atoms with E-state index in [1.807, 2.05) is 95.9 Å². The van der Waals surface area contributed by atoms with Crippen molar-refractivity contribution < 1.29 is 14.0 Å². The maximum atomic E-state index is 9.71. The van der Waals surface area contributed by atoms with Crippen LogP contribution < -0.4 is 4.90 Å². The lowest BCUT2D eigenvalue weighted by atomic mass is 9.98. The highest BCUT2D eigenvalue weighted by Crippen LogP contribution is 2.49. The molecule has 45 heavy (non-hydrogen) atoms. The molecule has 0 aliphatic rings. The average Bonchev–Trinajstić information content (AvgIpc) is 3.78. The van der Waals surface area contributed by atoms with Crippen molar-refractivity contribution in [3.05, 3.63) is 164 Å². The van der Waals surface area contributed by atoms with Gasteiger partial charge in [-0.1, -0.05) is 115 Å². The van der Waals surface area contributed by atoms with Gasteiger partial charge < -0.3 is 9.32 Å². The second-order valence-corrected chi connectivity index (χ2v) is 11.8. The first kappa shape index (κ1) is 19.6. The molecule has 2 nitrogen and oxygen atoms in total. The average molecular weight is 601 g/mol. The first-order valence-corrected chi connectivity index (χ1v) is 15.4. The summed E-state index contributed by atoms with van der Waals surface area (Å²) in [5.74, 6) is 0. The van der Waals surface area contributed by atoms with Gasteiger partial charge in [0.2, 0.25) is 0 Å². The standard InChI is InChI=1S/C42H27NOS/c1-3-11-28(12-4-1)29-19-21-31(22-20-29)43(32-23-26-39-36(27-32)34-15-7-9-17-38(34)44-39)37-25-24-33(30-13-5-2-6-14-30)41-35-16-8-10-18-40(35)45-42(37)41/h1-27H/i7D,9D,15D,17D,23D,26D,27D. The van der Waals surface area contributed by atoms with Gasteiger partial charge in [0, 0.05) is 37.6 Å². The van der Waals surface area contributed by atoms with Crippen LogP contribution in [0.5, 0.6) is 0 Å². The zero-order valence-electron chi connectivity index (χ0n) is 30.8. The number of para-hydroxylation sites is 1. The molecule has 9 aromatic rings. The van der Waals surface area contributed by atoms with E-state index in [0.717, 1.165) is 42.4 Å². The van der Waals surface area contributed by atoms with Gasteiger partial charge in [-0.05, 0) is 70.7 Å². The van der Waals surface area contributed by atoms with Crippen molar-refractivity contribution in [1.29, 1.82) is 0 Å². The van der Waals surface area contributed by atoms with Gasteiger partial charge >= 0.3 is 0 Å². The molecule has 2 heterocycles. The summed E-state index contributed by atoms with van der Waals surface area (Å²) >= 11 is 1.62. The summed E-state index contributed by atoms with van der Waals surface area (Å²) in [5.41, 5.74) is 5.33. The lowest BCUT2D eigenvalue weighted by Gasteiger charge is -2.27. The summed E-state index contributed by atoms with van der Waals surface area (Å²) in [6.07, 6.45) is 0. The van der Waals surface area contributed by atoms with E-state index in [9.17, 15) is 2.74 Å². The summed E-state index contributed by atoms with van der Waals surface area (Å²) in [6, 6.07) is 37.9. The zero-order valence-corrected chi connectivity index (χ0v) is 24.6. The van der Waals surface area contributed by atoms with Gasteiger partial charge in [-0.2, -0.15) is 0 Å². The Kier molecular flexibility index (Phi) is 4.58.